The quantitative estimate of drug-likeness (QED) is 0.360. The van der Waals surface area contributed by atoms with Gasteiger partial charge in [-0.3, -0.25) is 9.59 Å². The number of carbonyl (C=O) groups is 2. The van der Waals surface area contributed by atoms with Crippen molar-refractivity contribution in [3.8, 4) is 0 Å². The van der Waals surface area contributed by atoms with Gasteiger partial charge in [0.1, 0.15) is 11.8 Å². The SMILES string of the molecule is C=C(/C=C(OC)\C(=C/C)CN)CNC(=O)C1CC(O)CN1C(=O)CCCc1ccccc1. The second kappa shape index (κ2) is 12.8. The standard InChI is InChI=1S/C25H35N3O4/c1-4-20(15-26)23(32-3)13-18(2)16-27-25(31)22-14-21(29)17-28(22)24(30)12-8-11-19-9-6-5-7-10-19/h4-7,9-10,13,21-22,29H,2,8,11-12,14-17,26H2,1,3H3,(H,27,31)/b20-4-,23-13+. The number of benzene rings is 1. The summed E-state index contributed by atoms with van der Waals surface area (Å²) in [4.78, 5) is 27.0. The molecule has 0 aromatic heterocycles. The smallest absolute Gasteiger partial charge is 0.243 e. The van der Waals surface area contributed by atoms with Crippen molar-refractivity contribution in [3.63, 3.8) is 0 Å². The minimum absolute atomic E-state index is 0.112. The Morgan fingerprint density at radius 1 is 1.34 bits per heavy atom. The maximum Gasteiger partial charge on any atom is 0.243 e. The lowest BCUT2D eigenvalue weighted by Gasteiger charge is -2.24. The third-order valence-electron chi connectivity index (χ3n) is 5.53. The fraction of sp³-hybridized carbons (Fsp3) is 0.440. The van der Waals surface area contributed by atoms with Crippen LogP contribution in [0.3, 0.4) is 0 Å². The summed E-state index contributed by atoms with van der Waals surface area (Å²) in [7, 11) is 1.55. The second-order valence-electron chi connectivity index (χ2n) is 7.90. The lowest BCUT2D eigenvalue weighted by atomic mass is 10.1. The van der Waals surface area contributed by atoms with E-state index in [4.69, 9.17) is 10.5 Å². The van der Waals surface area contributed by atoms with E-state index < -0.39 is 12.1 Å². The molecule has 1 aromatic carbocycles. The molecule has 7 heteroatoms. The number of hydrogen-bond donors (Lipinski definition) is 3. The highest BCUT2D eigenvalue weighted by Crippen LogP contribution is 2.20. The van der Waals surface area contributed by atoms with Gasteiger partial charge in [-0.2, -0.15) is 0 Å². The van der Waals surface area contributed by atoms with Gasteiger partial charge in [0.15, 0.2) is 0 Å². The van der Waals surface area contributed by atoms with Gasteiger partial charge in [0, 0.05) is 38.0 Å². The Balaban J connectivity index is 1.90. The van der Waals surface area contributed by atoms with Crippen molar-refractivity contribution in [1.29, 1.82) is 0 Å². The number of aryl methyl sites for hydroxylation is 1. The van der Waals surface area contributed by atoms with Crippen LogP contribution in [-0.4, -0.2) is 60.7 Å². The Morgan fingerprint density at radius 2 is 2.06 bits per heavy atom. The van der Waals surface area contributed by atoms with E-state index in [0.717, 1.165) is 12.0 Å². The van der Waals surface area contributed by atoms with Gasteiger partial charge in [-0.25, -0.2) is 0 Å². The molecule has 4 N–H and O–H groups in total. The van der Waals surface area contributed by atoms with E-state index in [1.807, 2.05) is 43.3 Å². The number of nitrogens with two attached hydrogens (primary N) is 1. The number of rotatable bonds is 11. The van der Waals surface area contributed by atoms with Crippen molar-refractivity contribution in [2.24, 2.45) is 5.73 Å². The summed E-state index contributed by atoms with van der Waals surface area (Å²) < 4.78 is 5.36. The molecule has 32 heavy (non-hydrogen) atoms. The van der Waals surface area contributed by atoms with Crippen LogP contribution in [0.5, 0.6) is 0 Å². The fourth-order valence-corrected chi connectivity index (χ4v) is 3.77. The summed E-state index contributed by atoms with van der Waals surface area (Å²) in [6, 6.07) is 9.29. The molecule has 2 atom stereocenters. The first-order valence-corrected chi connectivity index (χ1v) is 11.0. The van der Waals surface area contributed by atoms with Gasteiger partial charge in [0.05, 0.1) is 13.2 Å². The van der Waals surface area contributed by atoms with Gasteiger partial charge in [0.2, 0.25) is 11.8 Å². The van der Waals surface area contributed by atoms with Crippen LogP contribution in [0.1, 0.15) is 31.7 Å². The largest absolute Gasteiger partial charge is 0.496 e. The average Bonchev–Trinajstić information content (AvgIpc) is 3.20. The number of nitrogens with zero attached hydrogens (tertiary/aromatic N) is 1. The van der Waals surface area contributed by atoms with E-state index in [-0.39, 0.29) is 31.3 Å². The number of aliphatic hydroxyl groups is 1. The van der Waals surface area contributed by atoms with Crippen LogP contribution >= 0.6 is 0 Å². The summed E-state index contributed by atoms with van der Waals surface area (Å²) >= 11 is 0. The number of carbonyl (C=O) groups excluding carboxylic acids is 2. The molecule has 0 spiro atoms. The van der Waals surface area contributed by atoms with Gasteiger partial charge in [0.25, 0.3) is 0 Å². The van der Waals surface area contributed by atoms with Gasteiger partial charge >= 0.3 is 0 Å². The molecule has 0 radical (unpaired) electrons. The number of β-amino-alcohol motifs (C(OH)–C–C–N with tert-alkyl or cyclic N) is 1. The van der Waals surface area contributed by atoms with Crippen molar-refractivity contribution < 1.29 is 19.4 Å². The Labute approximate surface area is 190 Å². The third kappa shape index (κ3) is 7.35. The maximum atomic E-state index is 12.8. The molecule has 1 aliphatic heterocycles. The number of ether oxygens (including phenoxy) is 1. The zero-order valence-electron chi connectivity index (χ0n) is 19.0. The Morgan fingerprint density at radius 3 is 2.69 bits per heavy atom. The van der Waals surface area contributed by atoms with Gasteiger partial charge < -0.3 is 25.8 Å². The molecule has 2 rings (SSSR count). The van der Waals surface area contributed by atoms with Crippen molar-refractivity contribution in [1.82, 2.24) is 10.2 Å². The normalized spacial score (nSPS) is 19.1. The Bertz CT molecular complexity index is 848. The average molecular weight is 442 g/mol. The molecule has 2 unspecified atom stereocenters. The van der Waals surface area contributed by atoms with Crippen molar-refractivity contribution in [3.05, 3.63) is 71.5 Å². The highest BCUT2D eigenvalue weighted by molar-refractivity contribution is 5.88. The highest BCUT2D eigenvalue weighted by atomic mass is 16.5. The van der Waals surface area contributed by atoms with Crippen LogP contribution in [0.15, 0.2) is 66.0 Å². The van der Waals surface area contributed by atoms with Gasteiger partial charge in [-0.05, 0) is 37.0 Å². The first-order chi connectivity index (χ1) is 15.4. The van der Waals surface area contributed by atoms with Crippen LogP contribution in [0.4, 0.5) is 0 Å². The molecule has 0 saturated carbocycles. The summed E-state index contributed by atoms with van der Waals surface area (Å²) in [6.45, 7) is 6.55. The Hall–Kier alpha value is -2.90. The number of aliphatic hydroxyl groups excluding tert-OH is 1. The molecule has 0 bridgehead atoms. The van der Waals surface area contributed by atoms with Crippen LogP contribution in [0.25, 0.3) is 0 Å². The van der Waals surface area contributed by atoms with E-state index in [1.165, 1.54) is 10.5 Å². The van der Waals surface area contributed by atoms with Crippen LogP contribution in [0.2, 0.25) is 0 Å². The van der Waals surface area contributed by atoms with E-state index in [0.29, 0.717) is 30.7 Å². The summed E-state index contributed by atoms with van der Waals surface area (Å²) in [6.07, 6.45) is 4.96. The lowest BCUT2D eigenvalue weighted by Crippen LogP contribution is -2.46. The Kier molecular flexibility index (Phi) is 10.2. The van der Waals surface area contributed by atoms with Crippen molar-refractivity contribution in [2.45, 2.75) is 44.8 Å². The number of nitrogens with one attached hydrogen (secondary N) is 1. The predicted molar refractivity (Wildman–Crippen MR) is 126 cm³/mol. The highest BCUT2D eigenvalue weighted by Gasteiger charge is 2.38. The van der Waals surface area contributed by atoms with Gasteiger partial charge in [-0.1, -0.05) is 43.0 Å². The number of methoxy groups -OCH3 is 1. The monoisotopic (exact) mass is 441 g/mol. The first-order valence-electron chi connectivity index (χ1n) is 11.0. The molecular weight excluding hydrogens is 406 g/mol. The minimum Gasteiger partial charge on any atom is -0.496 e. The van der Waals surface area contributed by atoms with Crippen molar-refractivity contribution >= 4 is 11.8 Å². The molecule has 7 nitrogen and oxygen atoms in total. The summed E-state index contributed by atoms with van der Waals surface area (Å²) in [5, 5.41) is 12.9. The second-order valence-corrected chi connectivity index (χ2v) is 7.90. The molecule has 1 saturated heterocycles. The van der Waals surface area contributed by atoms with E-state index >= 15 is 0 Å². The number of amides is 2. The topological polar surface area (TPSA) is 105 Å². The molecule has 0 aliphatic carbocycles. The van der Waals surface area contributed by atoms with E-state index in [2.05, 4.69) is 11.9 Å². The molecule has 1 fully saturated rings. The van der Waals surface area contributed by atoms with E-state index in [1.54, 1.807) is 13.2 Å². The summed E-state index contributed by atoms with van der Waals surface area (Å²) in [5.74, 6) is 0.191. The number of hydrogen-bond acceptors (Lipinski definition) is 5. The molecule has 1 heterocycles. The minimum atomic E-state index is -0.700. The van der Waals surface area contributed by atoms with Crippen LogP contribution < -0.4 is 11.1 Å². The van der Waals surface area contributed by atoms with Crippen LogP contribution in [-0.2, 0) is 20.7 Å². The van der Waals surface area contributed by atoms with Gasteiger partial charge in [-0.15, -0.1) is 0 Å². The van der Waals surface area contributed by atoms with E-state index in [9.17, 15) is 14.7 Å². The summed E-state index contributed by atoms with van der Waals surface area (Å²) in [5.41, 5.74) is 8.37. The zero-order valence-corrected chi connectivity index (χ0v) is 19.0. The zero-order chi connectivity index (χ0) is 23.5. The molecule has 2 amide bonds. The first kappa shape index (κ1) is 25.4. The molecule has 1 aliphatic rings. The maximum absolute atomic E-state index is 12.8. The molecule has 1 aromatic rings. The number of likely N-dealkylation sites (tertiary alicyclic amines) is 1. The molecular formula is C25H35N3O4. The lowest BCUT2D eigenvalue weighted by molar-refractivity contribution is -0.138. The van der Waals surface area contributed by atoms with Crippen molar-refractivity contribution in [2.75, 3.05) is 26.7 Å². The van der Waals surface area contributed by atoms with Crippen LogP contribution in [0, 0.1) is 0 Å². The number of allylic oxidation sites excluding steroid dienone is 1. The molecule has 174 valence electrons. The third-order valence-corrected chi connectivity index (χ3v) is 5.53. The predicted octanol–water partition coefficient (Wildman–Crippen LogP) is 2.08. The fourth-order valence-electron chi connectivity index (χ4n) is 3.77.